The first kappa shape index (κ1) is 19.4. The summed E-state index contributed by atoms with van der Waals surface area (Å²) in [5, 5.41) is 22.9. The number of nitrogens with one attached hydrogen (secondary N) is 1. The van der Waals surface area contributed by atoms with Crippen LogP contribution < -0.4 is 5.32 Å². The highest BCUT2D eigenvalue weighted by Crippen LogP contribution is 2.33. The summed E-state index contributed by atoms with van der Waals surface area (Å²) in [5.74, 6) is 0.215. The predicted molar refractivity (Wildman–Crippen MR) is 83.9 cm³/mol. The normalized spacial score (nSPS) is 16.9. The Kier molecular flexibility index (Phi) is 8.39. The number of halogens is 2. The highest BCUT2D eigenvalue weighted by atomic mass is 35.5. The summed E-state index contributed by atoms with van der Waals surface area (Å²) in [6, 6.07) is 0.0935. The number of hydrogen-bond donors (Lipinski definition) is 3. The van der Waals surface area contributed by atoms with Gasteiger partial charge in [-0.2, -0.15) is 0 Å². The third kappa shape index (κ3) is 3.96. The predicted octanol–water partition coefficient (Wildman–Crippen LogP) is 1.40. The summed E-state index contributed by atoms with van der Waals surface area (Å²) >= 11 is 0. The maximum atomic E-state index is 10.2. The molecule has 5 nitrogen and oxygen atoms in total. The molecule has 0 amide bonds. The average molecular weight is 324 g/mol. The van der Waals surface area contributed by atoms with E-state index in [1.807, 2.05) is 0 Å². The molecular weight excluding hydrogens is 301 g/mol. The summed E-state index contributed by atoms with van der Waals surface area (Å²) in [4.78, 5) is 6.41. The Bertz CT molecular complexity index is 426. The fourth-order valence-corrected chi connectivity index (χ4v) is 2.50. The maximum absolute atomic E-state index is 10.2. The molecule has 0 aliphatic carbocycles. The van der Waals surface area contributed by atoms with Crippen molar-refractivity contribution < 1.29 is 10.2 Å². The van der Waals surface area contributed by atoms with Crippen LogP contribution >= 0.6 is 24.8 Å². The van der Waals surface area contributed by atoms with Crippen LogP contribution in [0.15, 0.2) is 6.20 Å². The summed E-state index contributed by atoms with van der Waals surface area (Å²) in [6.07, 6.45) is 1.66. The molecule has 0 spiro atoms. The number of hydrogen-bond acceptors (Lipinski definition) is 5. The monoisotopic (exact) mass is 323 g/mol. The number of aromatic hydroxyl groups is 1. The number of rotatable bonds is 3. The third-order valence-electron chi connectivity index (χ3n) is 3.65. The molecule has 1 aromatic heterocycles. The minimum absolute atomic E-state index is 0. The van der Waals surface area contributed by atoms with Gasteiger partial charge in [-0.3, -0.25) is 9.88 Å². The van der Waals surface area contributed by atoms with Crippen molar-refractivity contribution >= 4 is 24.8 Å². The van der Waals surface area contributed by atoms with Crippen LogP contribution in [0.5, 0.6) is 5.75 Å². The first-order chi connectivity index (χ1) is 8.65. The van der Waals surface area contributed by atoms with E-state index in [2.05, 4.69) is 22.1 Å². The molecule has 0 unspecified atom stereocenters. The van der Waals surface area contributed by atoms with Crippen LogP contribution in [0.2, 0.25) is 0 Å². The Labute approximate surface area is 132 Å². The minimum atomic E-state index is -0.0907. The third-order valence-corrected chi connectivity index (χ3v) is 3.65. The second kappa shape index (κ2) is 8.64. The molecule has 2 heterocycles. The lowest BCUT2D eigenvalue weighted by Gasteiger charge is -2.34. The molecular formula is C13H23Cl2N3O2. The molecule has 3 N–H and O–H groups in total. The first-order valence-electron chi connectivity index (χ1n) is 6.38. The largest absolute Gasteiger partial charge is 0.506 e. The quantitative estimate of drug-likeness (QED) is 0.784. The molecule has 1 saturated heterocycles. The number of pyridine rings is 1. The van der Waals surface area contributed by atoms with Gasteiger partial charge in [0.15, 0.2) is 0 Å². The minimum Gasteiger partial charge on any atom is -0.506 e. The van der Waals surface area contributed by atoms with Gasteiger partial charge in [-0.15, -0.1) is 24.8 Å². The molecule has 20 heavy (non-hydrogen) atoms. The average Bonchev–Trinajstić information content (AvgIpc) is 2.42. The van der Waals surface area contributed by atoms with Gasteiger partial charge in [-0.1, -0.05) is 0 Å². The Hall–Kier alpha value is -0.590. The second-order valence-electron chi connectivity index (χ2n) is 4.75. The van der Waals surface area contributed by atoms with Crippen LogP contribution in [0.3, 0.4) is 0 Å². The van der Waals surface area contributed by atoms with Crippen LogP contribution in [-0.2, 0) is 6.61 Å². The molecule has 1 aromatic rings. The Morgan fingerprint density at radius 1 is 1.35 bits per heavy atom. The molecule has 2 rings (SSSR count). The molecule has 1 fully saturated rings. The van der Waals surface area contributed by atoms with Gasteiger partial charge < -0.3 is 15.5 Å². The van der Waals surface area contributed by atoms with Gasteiger partial charge in [0.2, 0.25) is 0 Å². The number of aliphatic hydroxyl groups is 1. The zero-order chi connectivity index (χ0) is 13.1. The summed E-state index contributed by atoms with van der Waals surface area (Å²) in [6.45, 7) is 7.59. The highest BCUT2D eigenvalue weighted by Gasteiger charge is 2.24. The van der Waals surface area contributed by atoms with E-state index in [-0.39, 0.29) is 43.2 Å². The number of piperazine rings is 1. The second-order valence-corrected chi connectivity index (χ2v) is 4.75. The molecule has 0 radical (unpaired) electrons. The fourth-order valence-electron chi connectivity index (χ4n) is 2.50. The smallest absolute Gasteiger partial charge is 0.141 e. The highest BCUT2D eigenvalue weighted by molar-refractivity contribution is 5.85. The molecule has 0 bridgehead atoms. The Morgan fingerprint density at radius 2 is 1.95 bits per heavy atom. The lowest BCUT2D eigenvalue weighted by atomic mass is 9.99. The first-order valence-corrected chi connectivity index (χ1v) is 6.38. The van der Waals surface area contributed by atoms with Crippen molar-refractivity contribution in [2.24, 2.45) is 0 Å². The van der Waals surface area contributed by atoms with Crippen LogP contribution in [-0.4, -0.2) is 46.3 Å². The van der Waals surface area contributed by atoms with Gasteiger partial charge in [-0.25, -0.2) is 0 Å². The molecule has 0 saturated carbocycles. The fraction of sp³-hybridized carbons (Fsp3) is 0.615. The van der Waals surface area contributed by atoms with E-state index in [4.69, 9.17) is 0 Å². The summed E-state index contributed by atoms with van der Waals surface area (Å²) in [7, 11) is 0. The van der Waals surface area contributed by atoms with Gasteiger partial charge in [0.1, 0.15) is 5.75 Å². The molecule has 7 heteroatoms. The van der Waals surface area contributed by atoms with Gasteiger partial charge in [0.25, 0.3) is 0 Å². The SMILES string of the molecule is Cc1ncc(CO)c([C@@H](C)N2CCNCC2)c1O.Cl.Cl. The van der Waals surface area contributed by atoms with Gasteiger partial charge >= 0.3 is 0 Å². The van der Waals surface area contributed by atoms with E-state index in [0.717, 1.165) is 31.7 Å². The van der Waals surface area contributed by atoms with E-state index in [9.17, 15) is 10.2 Å². The number of aryl methyl sites for hydroxylation is 1. The topological polar surface area (TPSA) is 68.6 Å². The number of aliphatic hydroxyl groups excluding tert-OH is 1. The lowest BCUT2D eigenvalue weighted by molar-refractivity contribution is 0.179. The zero-order valence-electron chi connectivity index (χ0n) is 11.8. The van der Waals surface area contributed by atoms with Crippen molar-refractivity contribution in [2.75, 3.05) is 26.2 Å². The standard InChI is InChI=1S/C13H21N3O2.2ClH/c1-9-13(18)12(11(8-17)7-15-9)10(2)16-5-3-14-4-6-16;;/h7,10,14,17-18H,3-6,8H2,1-2H3;2*1H/t10-;;/m1../s1. The zero-order valence-corrected chi connectivity index (χ0v) is 13.4. The van der Waals surface area contributed by atoms with E-state index in [1.165, 1.54) is 0 Å². The Balaban J connectivity index is 0.00000180. The molecule has 0 aromatic carbocycles. The summed E-state index contributed by atoms with van der Waals surface area (Å²) in [5.41, 5.74) is 2.14. The van der Waals surface area contributed by atoms with Crippen LogP contribution in [0.4, 0.5) is 0 Å². The van der Waals surface area contributed by atoms with Crippen LogP contribution in [0, 0.1) is 6.92 Å². The van der Waals surface area contributed by atoms with Crippen molar-refractivity contribution in [2.45, 2.75) is 26.5 Å². The lowest BCUT2D eigenvalue weighted by Crippen LogP contribution is -2.44. The van der Waals surface area contributed by atoms with E-state index >= 15 is 0 Å². The van der Waals surface area contributed by atoms with Gasteiger partial charge in [-0.05, 0) is 13.8 Å². The number of nitrogens with zero attached hydrogens (tertiary/aromatic N) is 2. The van der Waals surface area contributed by atoms with Crippen LogP contribution in [0.1, 0.15) is 29.8 Å². The van der Waals surface area contributed by atoms with Gasteiger partial charge in [0.05, 0.1) is 12.3 Å². The molecule has 1 atom stereocenters. The van der Waals surface area contributed by atoms with Gasteiger partial charge in [0, 0.05) is 49.5 Å². The van der Waals surface area contributed by atoms with E-state index < -0.39 is 0 Å². The van der Waals surface area contributed by atoms with Crippen molar-refractivity contribution in [3.05, 3.63) is 23.0 Å². The van der Waals surface area contributed by atoms with E-state index in [1.54, 1.807) is 13.1 Å². The maximum Gasteiger partial charge on any atom is 0.141 e. The van der Waals surface area contributed by atoms with Crippen molar-refractivity contribution in [3.8, 4) is 5.75 Å². The van der Waals surface area contributed by atoms with Crippen molar-refractivity contribution in [1.29, 1.82) is 0 Å². The van der Waals surface area contributed by atoms with E-state index in [0.29, 0.717) is 11.3 Å². The Morgan fingerprint density at radius 3 is 2.50 bits per heavy atom. The van der Waals surface area contributed by atoms with Crippen molar-refractivity contribution in [3.63, 3.8) is 0 Å². The number of aromatic nitrogens is 1. The molecule has 1 aliphatic heterocycles. The molecule has 1 aliphatic rings. The van der Waals surface area contributed by atoms with Crippen LogP contribution in [0.25, 0.3) is 0 Å². The molecule has 116 valence electrons. The summed E-state index contributed by atoms with van der Waals surface area (Å²) < 4.78 is 0. The van der Waals surface area contributed by atoms with Crippen molar-refractivity contribution in [1.82, 2.24) is 15.2 Å².